The highest BCUT2D eigenvalue weighted by Gasteiger charge is 2.28. The van der Waals surface area contributed by atoms with Crippen LogP contribution in [0.25, 0.3) is 0 Å². The Morgan fingerprint density at radius 1 is 1.10 bits per heavy atom. The summed E-state index contributed by atoms with van der Waals surface area (Å²) < 4.78 is 28.4. The molecule has 1 aromatic carbocycles. The van der Waals surface area contributed by atoms with Crippen molar-refractivity contribution in [2.45, 2.75) is 44.0 Å². The summed E-state index contributed by atoms with van der Waals surface area (Å²) in [6.07, 6.45) is 4.93. The summed E-state index contributed by atoms with van der Waals surface area (Å²) in [5.74, 6) is -0.443. The summed E-state index contributed by atoms with van der Waals surface area (Å²) in [5.41, 5.74) is 0.561. The number of halogens is 1. The number of anilines is 1. The number of pyridine rings is 1. The lowest BCUT2D eigenvalue weighted by Gasteiger charge is -2.20. The predicted molar refractivity (Wildman–Crippen MR) is 113 cm³/mol. The molecule has 0 aliphatic carbocycles. The topological polar surface area (TPSA) is 88.5 Å². The van der Waals surface area contributed by atoms with Crippen LogP contribution in [-0.4, -0.2) is 36.3 Å². The van der Waals surface area contributed by atoms with Crippen LogP contribution in [0, 0.1) is 6.92 Å². The Bertz CT molecular complexity index is 1060. The maximum absolute atomic E-state index is 13.0. The van der Waals surface area contributed by atoms with Crippen molar-refractivity contribution in [1.29, 1.82) is 0 Å². The van der Waals surface area contributed by atoms with E-state index in [4.69, 9.17) is 11.6 Å². The molecule has 0 spiro atoms. The summed E-state index contributed by atoms with van der Waals surface area (Å²) in [6.45, 7) is 2.29. The maximum atomic E-state index is 13.0. The summed E-state index contributed by atoms with van der Waals surface area (Å²) >= 11 is 6.06. The summed E-state index contributed by atoms with van der Waals surface area (Å²) in [7, 11) is -3.89. The van der Waals surface area contributed by atoms with Crippen LogP contribution >= 0.6 is 11.6 Å². The number of sulfonamides is 1. The van der Waals surface area contributed by atoms with E-state index in [1.54, 1.807) is 25.1 Å². The molecule has 0 saturated carbocycles. The number of benzene rings is 1. The molecule has 9 heteroatoms. The molecular weight excluding hydrogens is 414 g/mol. The van der Waals surface area contributed by atoms with Crippen molar-refractivity contribution >= 4 is 33.2 Å². The van der Waals surface area contributed by atoms with Crippen LogP contribution in [-0.2, 0) is 21.4 Å². The van der Waals surface area contributed by atoms with Gasteiger partial charge < -0.3 is 9.88 Å². The zero-order valence-electron chi connectivity index (χ0n) is 16.2. The summed E-state index contributed by atoms with van der Waals surface area (Å²) in [4.78, 5) is 24.9. The van der Waals surface area contributed by atoms with Crippen LogP contribution in [0.5, 0.6) is 0 Å². The van der Waals surface area contributed by atoms with Crippen LogP contribution in [0.3, 0.4) is 0 Å². The van der Waals surface area contributed by atoms with E-state index in [1.165, 1.54) is 22.6 Å². The molecule has 1 aliphatic heterocycles. The van der Waals surface area contributed by atoms with Gasteiger partial charge in [0.2, 0.25) is 15.9 Å². The monoisotopic (exact) mass is 437 g/mol. The van der Waals surface area contributed by atoms with Gasteiger partial charge in [0.25, 0.3) is 5.56 Å². The molecule has 0 bridgehead atoms. The normalized spacial score (nSPS) is 15.7. The molecule has 3 rings (SSSR count). The smallest absolute Gasteiger partial charge is 0.271 e. The number of hydrogen-bond donors (Lipinski definition) is 1. The number of amides is 1. The first kappa shape index (κ1) is 21.5. The minimum atomic E-state index is -3.89. The van der Waals surface area contributed by atoms with Gasteiger partial charge in [-0.3, -0.25) is 9.59 Å². The molecule has 1 N–H and O–H groups in total. The number of nitrogens with zero attached hydrogens (tertiary/aromatic N) is 2. The SMILES string of the molecule is Cc1c(Cl)cccc1NC(=O)Cn1cccc(S(=O)(=O)N2CCCCCC2)c1=O. The molecule has 29 heavy (non-hydrogen) atoms. The van der Waals surface area contributed by atoms with Gasteiger partial charge in [0.15, 0.2) is 0 Å². The molecule has 0 atom stereocenters. The van der Waals surface area contributed by atoms with Crippen molar-refractivity contribution in [1.82, 2.24) is 8.87 Å². The largest absolute Gasteiger partial charge is 0.324 e. The Labute approximate surface area is 175 Å². The third-order valence-corrected chi connectivity index (χ3v) is 7.34. The zero-order valence-corrected chi connectivity index (χ0v) is 17.8. The fourth-order valence-electron chi connectivity index (χ4n) is 3.34. The van der Waals surface area contributed by atoms with Crippen molar-refractivity contribution in [2.24, 2.45) is 0 Å². The Kier molecular flexibility index (Phi) is 6.77. The molecule has 7 nitrogen and oxygen atoms in total. The third-order valence-electron chi connectivity index (χ3n) is 5.02. The van der Waals surface area contributed by atoms with E-state index in [0.29, 0.717) is 29.4 Å². The average molecular weight is 438 g/mol. The number of carbonyl (C=O) groups excluding carboxylic acids is 1. The molecule has 2 heterocycles. The first-order valence-corrected chi connectivity index (χ1v) is 11.4. The van der Waals surface area contributed by atoms with Gasteiger partial charge in [-0.15, -0.1) is 0 Å². The molecule has 156 valence electrons. The Hall–Kier alpha value is -2.16. The second-order valence-electron chi connectivity index (χ2n) is 7.08. The lowest BCUT2D eigenvalue weighted by Crippen LogP contribution is -2.37. The predicted octanol–water partition coefficient (Wildman–Crippen LogP) is 3.01. The van der Waals surface area contributed by atoms with Gasteiger partial charge in [-0.25, -0.2) is 8.42 Å². The molecule has 1 amide bonds. The minimum absolute atomic E-state index is 0.297. The Balaban J connectivity index is 1.82. The van der Waals surface area contributed by atoms with E-state index in [2.05, 4.69) is 5.32 Å². The highest BCUT2D eigenvalue weighted by Crippen LogP contribution is 2.23. The summed E-state index contributed by atoms with van der Waals surface area (Å²) in [6, 6.07) is 7.92. The van der Waals surface area contributed by atoms with Gasteiger partial charge in [0.05, 0.1) is 0 Å². The molecule has 0 unspecified atom stereocenters. The second kappa shape index (κ2) is 9.11. The molecule has 1 aromatic heterocycles. The molecule has 1 aliphatic rings. The number of carbonyl (C=O) groups is 1. The molecule has 2 aromatic rings. The average Bonchev–Trinajstić information content (AvgIpc) is 2.97. The number of nitrogens with one attached hydrogen (secondary N) is 1. The molecule has 0 radical (unpaired) electrons. The molecule has 1 saturated heterocycles. The highest BCUT2D eigenvalue weighted by molar-refractivity contribution is 7.89. The fraction of sp³-hybridized carbons (Fsp3) is 0.400. The van der Waals surface area contributed by atoms with Crippen molar-refractivity contribution in [3.63, 3.8) is 0 Å². The van der Waals surface area contributed by atoms with E-state index in [-0.39, 0.29) is 11.4 Å². The Morgan fingerprint density at radius 3 is 2.48 bits per heavy atom. The van der Waals surface area contributed by atoms with Crippen molar-refractivity contribution in [2.75, 3.05) is 18.4 Å². The van der Waals surface area contributed by atoms with Crippen LogP contribution in [0.4, 0.5) is 5.69 Å². The first-order valence-electron chi connectivity index (χ1n) is 9.55. The van der Waals surface area contributed by atoms with Crippen molar-refractivity contribution in [3.05, 3.63) is 57.5 Å². The fourth-order valence-corrected chi connectivity index (χ4v) is 5.12. The standard InChI is InChI=1S/C20H24ClN3O4S/c1-15-16(21)8-6-9-17(15)22-19(25)14-23-11-7-10-18(20(23)26)29(27,28)24-12-4-2-3-5-13-24/h6-11H,2-5,12-14H2,1H3,(H,22,25). The van der Waals surface area contributed by atoms with Crippen LogP contribution in [0.15, 0.2) is 46.2 Å². The van der Waals surface area contributed by atoms with Crippen molar-refractivity contribution < 1.29 is 13.2 Å². The second-order valence-corrected chi connectivity index (χ2v) is 9.40. The van der Waals surface area contributed by atoms with Crippen LogP contribution in [0.2, 0.25) is 5.02 Å². The van der Waals surface area contributed by atoms with Gasteiger partial charge >= 0.3 is 0 Å². The lowest BCUT2D eigenvalue weighted by atomic mass is 10.2. The molecule has 1 fully saturated rings. The lowest BCUT2D eigenvalue weighted by molar-refractivity contribution is -0.116. The van der Waals surface area contributed by atoms with Gasteiger partial charge in [-0.2, -0.15) is 4.31 Å². The van der Waals surface area contributed by atoms with Crippen LogP contribution in [0.1, 0.15) is 31.2 Å². The summed E-state index contributed by atoms with van der Waals surface area (Å²) in [5, 5.41) is 3.23. The third kappa shape index (κ3) is 4.88. The maximum Gasteiger partial charge on any atom is 0.271 e. The zero-order chi connectivity index (χ0) is 21.0. The molecular formula is C20H24ClN3O4S. The Morgan fingerprint density at radius 2 is 1.79 bits per heavy atom. The number of hydrogen-bond acceptors (Lipinski definition) is 4. The quantitative estimate of drug-likeness (QED) is 0.778. The first-order chi connectivity index (χ1) is 13.8. The van der Waals surface area contributed by atoms with Gasteiger partial charge in [-0.05, 0) is 49.6 Å². The van der Waals surface area contributed by atoms with Gasteiger partial charge in [0.1, 0.15) is 11.4 Å². The van der Waals surface area contributed by atoms with Gasteiger partial charge in [-0.1, -0.05) is 30.5 Å². The minimum Gasteiger partial charge on any atom is -0.324 e. The van der Waals surface area contributed by atoms with E-state index < -0.39 is 21.5 Å². The number of rotatable bonds is 5. The van der Waals surface area contributed by atoms with E-state index in [0.717, 1.165) is 30.3 Å². The van der Waals surface area contributed by atoms with E-state index in [9.17, 15) is 18.0 Å². The van der Waals surface area contributed by atoms with E-state index >= 15 is 0 Å². The highest BCUT2D eigenvalue weighted by atomic mass is 35.5. The number of aromatic nitrogens is 1. The van der Waals surface area contributed by atoms with Gasteiger partial charge in [0, 0.05) is 30.0 Å². The van der Waals surface area contributed by atoms with Crippen LogP contribution < -0.4 is 10.9 Å². The van der Waals surface area contributed by atoms with E-state index in [1.807, 2.05) is 0 Å². The van der Waals surface area contributed by atoms with Crippen molar-refractivity contribution in [3.8, 4) is 0 Å².